The predicted octanol–water partition coefficient (Wildman–Crippen LogP) is 0.837. The van der Waals surface area contributed by atoms with Gasteiger partial charge in [-0.2, -0.15) is 5.26 Å². The number of hydrogen-bond donors (Lipinski definition) is 0. The van der Waals surface area contributed by atoms with Gasteiger partial charge >= 0.3 is 6.09 Å². The summed E-state index contributed by atoms with van der Waals surface area (Å²) in [6.45, 7) is 6.24. The molecule has 0 aliphatic carbocycles. The van der Waals surface area contributed by atoms with Crippen molar-refractivity contribution in [1.29, 1.82) is 5.26 Å². The fraction of sp³-hybridized carbons (Fsp3) is 0.750. The quantitative estimate of drug-likeness (QED) is 0.747. The van der Waals surface area contributed by atoms with Crippen molar-refractivity contribution in [2.45, 2.75) is 20.3 Å². The first kappa shape index (κ1) is 14.3. The van der Waals surface area contributed by atoms with Gasteiger partial charge in [0.05, 0.1) is 12.7 Å². The second kappa shape index (κ2) is 6.84. The summed E-state index contributed by atoms with van der Waals surface area (Å²) < 4.78 is 5.12. The second-order valence-electron chi connectivity index (χ2n) is 4.67. The van der Waals surface area contributed by atoms with E-state index in [4.69, 9.17) is 10.00 Å². The zero-order valence-electron chi connectivity index (χ0n) is 10.9. The van der Waals surface area contributed by atoms with Crippen molar-refractivity contribution in [2.75, 3.05) is 32.8 Å². The van der Waals surface area contributed by atoms with Crippen molar-refractivity contribution in [3.63, 3.8) is 0 Å². The first-order chi connectivity index (χ1) is 8.54. The van der Waals surface area contributed by atoms with Gasteiger partial charge in [0, 0.05) is 26.2 Å². The third kappa shape index (κ3) is 4.24. The lowest BCUT2D eigenvalue weighted by Crippen LogP contribution is -2.50. The van der Waals surface area contributed by atoms with Crippen LogP contribution in [0.15, 0.2) is 0 Å². The lowest BCUT2D eigenvalue weighted by Gasteiger charge is -2.33. The van der Waals surface area contributed by atoms with E-state index in [0.717, 1.165) is 0 Å². The Bertz CT molecular complexity index is 341. The van der Waals surface area contributed by atoms with Crippen LogP contribution in [0.25, 0.3) is 0 Å². The Morgan fingerprint density at radius 1 is 1.22 bits per heavy atom. The number of nitriles is 1. The Morgan fingerprint density at radius 2 is 1.78 bits per heavy atom. The van der Waals surface area contributed by atoms with Gasteiger partial charge in [-0.25, -0.2) is 4.79 Å². The molecular weight excluding hydrogens is 234 g/mol. The van der Waals surface area contributed by atoms with Crippen molar-refractivity contribution in [1.82, 2.24) is 9.80 Å². The van der Waals surface area contributed by atoms with Gasteiger partial charge in [0.1, 0.15) is 6.42 Å². The minimum atomic E-state index is -0.323. The van der Waals surface area contributed by atoms with E-state index in [2.05, 4.69) is 0 Å². The van der Waals surface area contributed by atoms with Crippen molar-refractivity contribution in [2.24, 2.45) is 5.92 Å². The smallest absolute Gasteiger partial charge is 0.409 e. The maximum Gasteiger partial charge on any atom is 0.409 e. The van der Waals surface area contributed by atoms with Crippen molar-refractivity contribution < 1.29 is 14.3 Å². The molecule has 18 heavy (non-hydrogen) atoms. The Balaban J connectivity index is 2.33. The highest BCUT2D eigenvalue weighted by Crippen LogP contribution is 2.06. The number of ether oxygens (including phenoxy) is 1. The van der Waals surface area contributed by atoms with Gasteiger partial charge in [-0.15, -0.1) is 0 Å². The molecule has 1 rings (SSSR count). The number of carbonyl (C=O) groups excluding carboxylic acids is 2. The van der Waals surface area contributed by atoms with E-state index in [1.54, 1.807) is 9.80 Å². The first-order valence-corrected chi connectivity index (χ1v) is 6.11. The molecule has 0 bridgehead atoms. The van der Waals surface area contributed by atoms with Crippen LogP contribution in [0.4, 0.5) is 4.79 Å². The molecule has 1 saturated heterocycles. The highest BCUT2D eigenvalue weighted by Gasteiger charge is 2.24. The standard InChI is InChI=1S/C12H19N3O3/c1-10(2)9-18-12(17)15-7-5-14(6-8-15)11(16)3-4-13/h10H,3,5-9H2,1-2H3. The molecule has 6 heteroatoms. The molecule has 6 nitrogen and oxygen atoms in total. The van der Waals surface area contributed by atoms with Crippen LogP contribution in [-0.4, -0.2) is 54.6 Å². The van der Waals surface area contributed by atoms with E-state index in [1.165, 1.54) is 0 Å². The summed E-state index contributed by atoms with van der Waals surface area (Å²) in [6.07, 6.45) is -0.422. The Labute approximate surface area is 107 Å². The van der Waals surface area contributed by atoms with Gasteiger partial charge in [-0.05, 0) is 5.92 Å². The van der Waals surface area contributed by atoms with Crippen LogP contribution in [0.1, 0.15) is 20.3 Å². The van der Waals surface area contributed by atoms with Crippen LogP contribution in [0.5, 0.6) is 0 Å². The first-order valence-electron chi connectivity index (χ1n) is 6.11. The van der Waals surface area contributed by atoms with Crippen LogP contribution in [-0.2, 0) is 9.53 Å². The fourth-order valence-corrected chi connectivity index (χ4v) is 1.65. The molecule has 100 valence electrons. The van der Waals surface area contributed by atoms with Gasteiger partial charge in [0.15, 0.2) is 0 Å². The topological polar surface area (TPSA) is 73.6 Å². The van der Waals surface area contributed by atoms with Crippen LogP contribution in [0, 0.1) is 17.2 Å². The summed E-state index contributed by atoms with van der Waals surface area (Å²) in [5, 5.41) is 8.45. The van der Waals surface area contributed by atoms with Crippen LogP contribution in [0.3, 0.4) is 0 Å². The van der Waals surface area contributed by atoms with Gasteiger partial charge in [-0.3, -0.25) is 4.79 Å². The summed E-state index contributed by atoms with van der Waals surface area (Å²) in [7, 11) is 0. The third-order valence-corrected chi connectivity index (χ3v) is 2.66. The van der Waals surface area contributed by atoms with E-state index >= 15 is 0 Å². The zero-order valence-corrected chi connectivity index (χ0v) is 10.9. The average molecular weight is 253 g/mol. The van der Waals surface area contributed by atoms with Gasteiger partial charge in [0.25, 0.3) is 0 Å². The molecule has 0 radical (unpaired) electrons. The second-order valence-corrected chi connectivity index (χ2v) is 4.67. The molecule has 2 amide bonds. The largest absolute Gasteiger partial charge is 0.449 e. The molecule has 0 saturated carbocycles. The van der Waals surface area contributed by atoms with Crippen molar-refractivity contribution in [3.05, 3.63) is 0 Å². The zero-order chi connectivity index (χ0) is 13.5. The van der Waals surface area contributed by atoms with Gasteiger partial charge < -0.3 is 14.5 Å². The lowest BCUT2D eigenvalue weighted by atomic mass is 10.2. The Hall–Kier alpha value is -1.77. The molecule has 0 aromatic carbocycles. The molecule has 0 N–H and O–H groups in total. The SMILES string of the molecule is CC(C)COC(=O)N1CCN(C(=O)CC#N)CC1. The molecule has 1 aliphatic rings. The number of carbonyl (C=O) groups is 2. The van der Waals surface area contributed by atoms with Crippen LogP contribution in [0.2, 0.25) is 0 Å². The van der Waals surface area contributed by atoms with Gasteiger partial charge in [0.2, 0.25) is 5.91 Å². The summed E-state index contributed by atoms with van der Waals surface area (Å²) in [4.78, 5) is 26.3. The van der Waals surface area contributed by atoms with Crippen molar-refractivity contribution >= 4 is 12.0 Å². The van der Waals surface area contributed by atoms with Crippen LogP contribution >= 0.6 is 0 Å². The van der Waals surface area contributed by atoms with E-state index in [1.807, 2.05) is 19.9 Å². The molecule has 1 aliphatic heterocycles. The molecule has 0 spiro atoms. The average Bonchev–Trinajstić information content (AvgIpc) is 2.36. The number of rotatable bonds is 3. The minimum Gasteiger partial charge on any atom is -0.449 e. The molecule has 0 aromatic heterocycles. The number of nitrogens with zero attached hydrogens (tertiary/aromatic N) is 3. The summed E-state index contributed by atoms with van der Waals surface area (Å²) >= 11 is 0. The molecular formula is C12H19N3O3. The molecule has 0 unspecified atom stereocenters. The predicted molar refractivity (Wildman–Crippen MR) is 64.6 cm³/mol. The number of amides is 2. The van der Waals surface area contributed by atoms with E-state index in [-0.39, 0.29) is 18.4 Å². The molecule has 0 aromatic rings. The van der Waals surface area contributed by atoms with E-state index < -0.39 is 0 Å². The fourth-order valence-electron chi connectivity index (χ4n) is 1.65. The third-order valence-electron chi connectivity index (χ3n) is 2.66. The normalized spacial score (nSPS) is 15.4. The Kier molecular flexibility index (Phi) is 5.43. The van der Waals surface area contributed by atoms with E-state index in [9.17, 15) is 9.59 Å². The number of piperazine rings is 1. The summed E-state index contributed by atoms with van der Waals surface area (Å²) in [5.41, 5.74) is 0. The minimum absolute atomic E-state index is 0.0994. The Morgan fingerprint density at radius 3 is 2.28 bits per heavy atom. The summed E-state index contributed by atoms with van der Waals surface area (Å²) in [6, 6.07) is 1.84. The molecule has 1 fully saturated rings. The highest BCUT2D eigenvalue weighted by molar-refractivity contribution is 5.78. The highest BCUT2D eigenvalue weighted by atomic mass is 16.6. The van der Waals surface area contributed by atoms with Crippen LogP contribution < -0.4 is 0 Å². The van der Waals surface area contributed by atoms with E-state index in [0.29, 0.717) is 38.7 Å². The lowest BCUT2D eigenvalue weighted by molar-refractivity contribution is -0.131. The maximum atomic E-state index is 11.7. The maximum absolute atomic E-state index is 11.7. The van der Waals surface area contributed by atoms with Crippen molar-refractivity contribution in [3.8, 4) is 6.07 Å². The molecule has 0 atom stereocenters. The molecule has 1 heterocycles. The monoisotopic (exact) mass is 253 g/mol. The summed E-state index contributed by atoms with van der Waals surface area (Å²) in [5.74, 6) is 0.139. The number of hydrogen-bond acceptors (Lipinski definition) is 4. The van der Waals surface area contributed by atoms with Gasteiger partial charge in [-0.1, -0.05) is 13.8 Å².